The van der Waals surface area contributed by atoms with Gasteiger partial charge >= 0.3 is 6.09 Å². The van der Waals surface area contributed by atoms with Crippen LogP contribution >= 0.6 is 11.6 Å². The van der Waals surface area contributed by atoms with E-state index in [9.17, 15) is 18.7 Å². The Morgan fingerprint density at radius 1 is 1.11 bits per heavy atom. The van der Waals surface area contributed by atoms with Crippen molar-refractivity contribution < 1.29 is 23.4 Å². The number of halogens is 3. The van der Waals surface area contributed by atoms with Crippen LogP contribution < -0.4 is 0 Å². The van der Waals surface area contributed by atoms with Gasteiger partial charge in [-0.15, -0.1) is 11.6 Å². The maximum atomic E-state index is 14.0. The largest absolute Gasteiger partial charge is 0.465 e. The van der Waals surface area contributed by atoms with Gasteiger partial charge < -0.3 is 9.84 Å². The number of carbonyl (C=O) groups is 1. The van der Waals surface area contributed by atoms with Gasteiger partial charge in [-0.2, -0.15) is 0 Å². The van der Waals surface area contributed by atoms with Gasteiger partial charge in [-0.05, 0) is 53.3 Å². The molecule has 0 saturated carbocycles. The standard InChI is InChI=1S/C28H28ClF2N3O3/c29-10-14-34(27(35)36)26(21-5-6-24(30)25(31)15-21)20-3-1-19(2-4-20)17-33-12-8-28(9-13-33)23-16-32-11-7-22(23)18-37-28/h1-7,11,15-16,26H,8-10,12-14,17-18H2,(H,35,36). The van der Waals surface area contributed by atoms with Crippen LogP contribution in [0.2, 0.25) is 0 Å². The highest BCUT2D eigenvalue weighted by Gasteiger charge is 2.42. The number of ether oxygens (including phenoxy) is 1. The molecule has 1 N–H and O–H groups in total. The summed E-state index contributed by atoms with van der Waals surface area (Å²) in [6.45, 7) is 3.19. The molecule has 1 saturated heterocycles. The molecular formula is C28H28ClF2N3O3. The number of amides is 1. The Morgan fingerprint density at radius 3 is 2.51 bits per heavy atom. The van der Waals surface area contributed by atoms with Gasteiger partial charge in [-0.1, -0.05) is 30.3 Å². The zero-order valence-corrected chi connectivity index (χ0v) is 21.0. The van der Waals surface area contributed by atoms with Crippen LogP contribution in [0.1, 0.15) is 46.7 Å². The number of hydrogen-bond acceptors (Lipinski definition) is 4. The van der Waals surface area contributed by atoms with E-state index in [1.54, 1.807) is 0 Å². The Morgan fingerprint density at radius 2 is 1.84 bits per heavy atom. The van der Waals surface area contributed by atoms with Gasteiger partial charge in [0.05, 0.1) is 18.2 Å². The number of piperidine rings is 1. The van der Waals surface area contributed by atoms with Gasteiger partial charge in [0.15, 0.2) is 11.6 Å². The van der Waals surface area contributed by atoms with Gasteiger partial charge in [-0.3, -0.25) is 14.8 Å². The summed E-state index contributed by atoms with van der Waals surface area (Å²) in [5, 5.41) is 9.82. The number of aromatic nitrogens is 1. The van der Waals surface area contributed by atoms with E-state index in [4.69, 9.17) is 16.3 Å². The summed E-state index contributed by atoms with van der Waals surface area (Å²) in [6.07, 6.45) is 4.35. The lowest BCUT2D eigenvalue weighted by Crippen LogP contribution is -2.42. The van der Waals surface area contributed by atoms with E-state index in [0.717, 1.165) is 55.1 Å². The molecule has 37 heavy (non-hydrogen) atoms. The molecule has 2 aliphatic heterocycles. The smallest absolute Gasteiger partial charge is 0.408 e. The van der Waals surface area contributed by atoms with Crippen molar-refractivity contribution in [2.24, 2.45) is 0 Å². The third-order valence-electron chi connectivity index (χ3n) is 7.41. The molecule has 9 heteroatoms. The molecule has 2 aliphatic rings. The molecule has 1 amide bonds. The summed E-state index contributed by atoms with van der Waals surface area (Å²) in [5.74, 6) is -1.93. The minimum absolute atomic E-state index is 0.0402. The number of hydrogen-bond donors (Lipinski definition) is 1. The van der Waals surface area contributed by atoms with Crippen LogP contribution in [0.3, 0.4) is 0 Å². The first-order valence-electron chi connectivity index (χ1n) is 12.3. The average Bonchev–Trinajstić information content (AvgIpc) is 3.26. The second-order valence-corrected chi connectivity index (χ2v) is 9.95. The Hall–Kier alpha value is -3.07. The number of pyridine rings is 1. The Balaban J connectivity index is 1.31. The highest BCUT2D eigenvalue weighted by atomic mass is 35.5. The van der Waals surface area contributed by atoms with Crippen molar-refractivity contribution in [3.8, 4) is 0 Å². The topological polar surface area (TPSA) is 65.9 Å². The molecular weight excluding hydrogens is 500 g/mol. The van der Waals surface area contributed by atoms with Crippen LogP contribution in [0.25, 0.3) is 0 Å². The van der Waals surface area contributed by atoms with Gasteiger partial charge in [0.25, 0.3) is 0 Å². The SMILES string of the molecule is O=C(O)N(CCCl)C(c1ccc(CN2CCC3(CC2)OCc2ccncc23)cc1)c1ccc(F)c(F)c1. The van der Waals surface area contributed by atoms with Crippen LogP contribution in [-0.2, 0) is 23.5 Å². The molecule has 2 aromatic carbocycles. The summed E-state index contributed by atoms with van der Waals surface area (Å²) in [7, 11) is 0. The molecule has 3 heterocycles. The Bertz CT molecular complexity index is 1270. The highest BCUT2D eigenvalue weighted by molar-refractivity contribution is 6.18. The quantitative estimate of drug-likeness (QED) is 0.400. The van der Waals surface area contributed by atoms with Crippen LogP contribution in [0.5, 0.6) is 0 Å². The third-order valence-corrected chi connectivity index (χ3v) is 7.58. The van der Waals surface area contributed by atoms with Gasteiger partial charge in [0.2, 0.25) is 0 Å². The lowest BCUT2D eigenvalue weighted by molar-refractivity contribution is -0.0800. The minimum atomic E-state index is -1.19. The van der Waals surface area contributed by atoms with Crippen molar-refractivity contribution in [3.05, 3.63) is 100 Å². The van der Waals surface area contributed by atoms with Gasteiger partial charge in [0.1, 0.15) is 0 Å². The summed E-state index contributed by atoms with van der Waals surface area (Å²) < 4.78 is 33.8. The predicted molar refractivity (Wildman–Crippen MR) is 135 cm³/mol. The molecule has 0 bridgehead atoms. The van der Waals surface area contributed by atoms with E-state index in [2.05, 4.69) is 9.88 Å². The van der Waals surface area contributed by atoms with Crippen LogP contribution in [0.15, 0.2) is 60.9 Å². The number of alkyl halides is 1. The molecule has 0 aliphatic carbocycles. The maximum absolute atomic E-state index is 14.0. The number of benzene rings is 2. The number of likely N-dealkylation sites (tertiary alicyclic amines) is 1. The Labute approximate surface area is 219 Å². The van der Waals surface area contributed by atoms with Crippen molar-refractivity contribution in [1.82, 2.24) is 14.8 Å². The maximum Gasteiger partial charge on any atom is 0.408 e. The van der Waals surface area contributed by atoms with Crippen LogP contribution in [0.4, 0.5) is 13.6 Å². The van der Waals surface area contributed by atoms with Crippen molar-refractivity contribution in [2.45, 2.75) is 37.6 Å². The molecule has 1 atom stereocenters. The average molecular weight is 528 g/mol. The molecule has 1 aromatic heterocycles. The van der Waals surface area contributed by atoms with Gasteiger partial charge in [-0.25, -0.2) is 13.6 Å². The molecule has 1 unspecified atom stereocenters. The van der Waals surface area contributed by atoms with Crippen molar-refractivity contribution >= 4 is 17.7 Å². The van der Waals surface area contributed by atoms with Gasteiger partial charge in [0, 0.05) is 50.0 Å². The normalized spacial score (nSPS) is 17.5. The molecule has 1 fully saturated rings. The molecule has 1 spiro atoms. The van der Waals surface area contributed by atoms with E-state index < -0.39 is 23.8 Å². The van der Waals surface area contributed by atoms with Crippen LogP contribution in [-0.4, -0.2) is 51.5 Å². The second kappa shape index (κ2) is 10.7. The molecule has 6 nitrogen and oxygen atoms in total. The monoisotopic (exact) mass is 527 g/mol. The van der Waals surface area contributed by atoms with E-state index in [1.165, 1.54) is 17.2 Å². The zero-order chi connectivity index (χ0) is 26.0. The zero-order valence-electron chi connectivity index (χ0n) is 20.2. The minimum Gasteiger partial charge on any atom is -0.465 e. The van der Waals surface area contributed by atoms with Crippen molar-refractivity contribution in [3.63, 3.8) is 0 Å². The lowest BCUT2D eigenvalue weighted by Gasteiger charge is -2.39. The first kappa shape index (κ1) is 25.6. The first-order valence-corrected chi connectivity index (χ1v) is 12.8. The lowest BCUT2D eigenvalue weighted by atomic mass is 9.84. The number of fused-ring (bicyclic) bond motifs is 2. The van der Waals surface area contributed by atoms with E-state index in [1.807, 2.05) is 42.7 Å². The fourth-order valence-corrected chi connectivity index (χ4v) is 5.65. The second-order valence-electron chi connectivity index (χ2n) is 9.57. The fourth-order valence-electron chi connectivity index (χ4n) is 5.46. The Kier molecular flexibility index (Phi) is 7.42. The van der Waals surface area contributed by atoms with E-state index >= 15 is 0 Å². The van der Waals surface area contributed by atoms with E-state index in [-0.39, 0.29) is 18.0 Å². The molecule has 0 radical (unpaired) electrons. The summed E-state index contributed by atoms with van der Waals surface area (Å²) in [6, 6.07) is 12.3. The number of nitrogens with zero attached hydrogens (tertiary/aromatic N) is 3. The highest BCUT2D eigenvalue weighted by Crippen LogP contribution is 2.43. The molecule has 194 valence electrons. The van der Waals surface area contributed by atoms with Crippen LogP contribution in [0, 0.1) is 11.6 Å². The number of rotatable bonds is 7. The summed E-state index contributed by atoms with van der Waals surface area (Å²) >= 11 is 5.87. The van der Waals surface area contributed by atoms with Crippen molar-refractivity contribution in [2.75, 3.05) is 25.5 Å². The predicted octanol–water partition coefficient (Wildman–Crippen LogP) is 5.69. The molecule has 5 rings (SSSR count). The van der Waals surface area contributed by atoms with E-state index in [0.29, 0.717) is 17.7 Å². The fraction of sp³-hybridized carbons (Fsp3) is 0.357. The summed E-state index contributed by atoms with van der Waals surface area (Å²) in [5.41, 5.74) is 4.26. The molecule has 3 aromatic rings. The third kappa shape index (κ3) is 5.19. The number of carboxylic acid groups (broad SMARTS) is 1. The van der Waals surface area contributed by atoms with Crippen molar-refractivity contribution in [1.29, 1.82) is 0 Å². The first-order chi connectivity index (χ1) is 17.9. The summed E-state index contributed by atoms with van der Waals surface area (Å²) in [4.78, 5) is 19.8.